The van der Waals surface area contributed by atoms with E-state index in [4.69, 9.17) is 23.2 Å². The number of nitrogens with one attached hydrogen (secondary N) is 1. The third-order valence-corrected chi connectivity index (χ3v) is 3.68. The molecule has 0 radical (unpaired) electrons. The van der Waals surface area contributed by atoms with Gasteiger partial charge in [0.25, 0.3) is 0 Å². The van der Waals surface area contributed by atoms with Crippen molar-refractivity contribution in [1.82, 2.24) is 5.32 Å². The minimum Gasteiger partial charge on any atom is -0.313 e. The summed E-state index contributed by atoms with van der Waals surface area (Å²) >= 11 is 12.3. The van der Waals surface area contributed by atoms with E-state index in [9.17, 15) is 0 Å². The second-order valence-corrected chi connectivity index (χ2v) is 5.48. The van der Waals surface area contributed by atoms with Gasteiger partial charge in [-0.2, -0.15) is 0 Å². The van der Waals surface area contributed by atoms with Crippen LogP contribution in [0.1, 0.15) is 44.7 Å². The van der Waals surface area contributed by atoms with E-state index in [1.165, 1.54) is 12.8 Å². The Bertz CT molecular complexity index is 352. The Kier molecular flexibility index (Phi) is 6.32. The lowest BCUT2D eigenvalue weighted by molar-refractivity contribution is 0.407. The van der Waals surface area contributed by atoms with Gasteiger partial charge in [0.15, 0.2) is 0 Å². The van der Waals surface area contributed by atoms with E-state index >= 15 is 0 Å². The van der Waals surface area contributed by atoms with Crippen molar-refractivity contribution < 1.29 is 0 Å². The molecule has 0 saturated heterocycles. The fraction of sp³-hybridized carbons (Fsp3) is 0.571. The SMILES string of the molecule is CCCC(C)CC(NC)c1cc(Cl)ccc1Cl. The third kappa shape index (κ3) is 4.50. The van der Waals surface area contributed by atoms with Crippen molar-refractivity contribution >= 4 is 23.2 Å². The summed E-state index contributed by atoms with van der Waals surface area (Å²) in [7, 11) is 1.97. The zero-order valence-electron chi connectivity index (χ0n) is 10.8. The van der Waals surface area contributed by atoms with Crippen molar-refractivity contribution in [2.24, 2.45) is 5.92 Å². The maximum absolute atomic E-state index is 6.23. The Hall–Kier alpha value is -0.240. The number of hydrogen-bond acceptors (Lipinski definition) is 1. The van der Waals surface area contributed by atoms with Crippen molar-refractivity contribution in [2.45, 2.75) is 39.2 Å². The van der Waals surface area contributed by atoms with Crippen LogP contribution in [0.2, 0.25) is 10.0 Å². The van der Waals surface area contributed by atoms with Gasteiger partial charge in [-0.3, -0.25) is 0 Å². The Morgan fingerprint density at radius 3 is 2.59 bits per heavy atom. The summed E-state index contributed by atoms with van der Waals surface area (Å²) in [6, 6.07) is 5.94. The van der Waals surface area contributed by atoms with E-state index in [-0.39, 0.29) is 6.04 Å². The molecular formula is C14H21Cl2N. The monoisotopic (exact) mass is 273 g/mol. The first kappa shape index (κ1) is 14.8. The fourth-order valence-electron chi connectivity index (χ4n) is 2.19. The molecule has 2 atom stereocenters. The van der Waals surface area contributed by atoms with Crippen molar-refractivity contribution in [1.29, 1.82) is 0 Å². The van der Waals surface area contributed by atoms with Gasteiger partial charge in [0.2, 0.25) is 0 Å². The number of benzene rings is 1. The molecule has 2 unspecified atom stereocenters. The second-order valence-electron chi connectivity index (χ2n) is 4.64. The molecule has 1 rings (SSSR count). The molecule has 1 aromatic rings. The van der Waals surface area contributed by atoms with E-state index in [2.05, 4.69) is 19.2 Å². The summed E-state index contributed by atoms with van der Waals surface area (Å²) in [5, 5.41) is 4.87. The molecule has 96 valence electrons. The molecule has 1 aromatic carbocycles. The van der Waals surface area contributed by atoms with Crippen LogP contribution in [0.5, 0.6) is 0 Å². The minimum atomic E-state index is 0.280. The maximum Gasteiger partial charge on any atom is 0.0454 e. The average molecular weight is 274 g/mol. The van der Waals surface area contributed by atoms with Gasteiger partial charge in [-0.15, -0.1) is 0 Å². The molecule has 0 heterocycles. The van der Waals surface area contributed by atoms with Crippen molar-refractivity contribution in [3.05, 3.63) is 33.8 Å². The summed E-state index contributed by atoms with van der Waals surface area (Å²) in [6.07, 6.45) is 3.56. The highest BCUT2D eigenvalue weighted by molar-refractivity contribution is 6.33. The molecule has 0 fully saturated rings. The van der Waals surface area contributed by atoms with Crippen LogP contribution in [-0.2, 0) is 0 Å². The van der Waals surface area contributed by atoms with Gasteiger partial charge in [-0.1, -0.05) is 49.9 Å². The van der Waals surface area contributed by atoms with Crippen LogP contribution in [-0.4, -0.2) is 7.05 Å². The lowest BCUT2D eigenvalue weighted by Gasteiger charge is -2.22. The predicted octanol–water partition coefficient (Wildman–Crippen LogP) is 5.08. The van der Waals surface area contributed by atoms with E-state index in [1.807, 2.05) is 25.2 Å². The Labute approximate surface area is 115 Å². The topological polar surface area (TPSA) is 12.0 Å². The highest BCUT2D eigenvalue weighted by atomic mass is 35.5. The molecular weight excluding hydrogens is 253 g/mol. The Balaban J connectivity index is 2.82. The summed E-state index contributed by atoms with van der Waals surface area (Å²) in [5.74, 6) is 0.687. The fourth-order valence-corrected chi connectivity index (χ4v) is 2.62. The van der Waals surface area contributed by atoms with Crippen LogP contribution >= 0.6 is 23.2 Å². The van der Waals surface area contributed by atoms with Crippen LogP contribution in [0.15, 0.2) is 18.2 Å². The highest BCUT2D eigenvalue weighted by Gasteiger charge is 2.16. The van der Waals surface area contributed by atoms with Gasteiger partial charge >= 0.3 is 0 Å². The van der Waals surface area contributed by atoms with Crippen molar-refractivity contribution in [3.8, 4) is 0 Å². The zero-order valence-corrected chi connectivity index (χ0v) is 12.3. The largest absolute Gasteiger partial charge is 0.313 e. The van der Waals surface area contributed by atoms with Crippen LogP contribution in [0.4, 0.5) is 0 Å². The number of hydrogen-bond donors (Lipinski definition) is 1. The quantitative estimate of drug-likeness (QED) is 0.762. The molecule has 17 heavy (non-hydrogen) atoms. The molecule has 0 saturated carbocycles. The molecule has 0 aliphatic heterocycles. The van der Waals surface area contributed by atoms with Gasteiger partial charge < -0.3 is 5.32 Å². The molecule has 1 N–H and O–H groups in total. The second kappa shape index (κ2) is 7.25. The summed E-state index contributed by atoms with van der Waals surface area (Å²) in [4.78, 5) is 0. The van der Waals surface area contributed by atoms with E-state index in [0.29, 0.717) is 5.92 Å². The van der Waals surface area contributed by atoms with E-state index in [1.54, 1.807) is 0 Å². The maximum atomic E-state index is 6.23. The number of halogens is 2. The van der Waals surface area contributed by atoms with Crippen molar-refractivity contribution in [3.63, 3.8) is 0 Å². The van der Waals surface area contributed by atoms with Crippen LogP contribution in [0.25, 0.3) is 0 Å². The third-order valence-electron chi connectivity index (χ3n) is 3.10. The highest BCUT2D eigenvalue weighted by Crippen LogP contribution is 2.30. The van der Waals surface area contributed by atoms with Crippen LogP contribution in [0.3, 0.4) is 0 Å². The summed E-state index contributed by atoms with van der Waals surface area (Å²) in [5.41, 5.74) is 1.10. The Morgan fingerprint density at radius 1 is 1.29 bits per heavy atom. The van der Waals surface area contributed by atoms with E-state index in [0.717, 1.165) is 22.0 Å². The Morgan fingerprint density at radius 2 is 2.00 bits per heavy atom. The molecule has 3 heteroatoms. The first-order chi connectivity index (χ1) is 8.08. The van der Waals surface area contributed by atoms with Gasteiger partial charge in [-0.05, 0) is 43.1 Å². The summed E-state index contributed by atoms with van der Waals surface area (Å²) < 4.78 is 0. The molecule has 0 aliphatic carbocycles. The molecule has 0 aliphatic rings. The van der Waals surface area contributed by atoms with Gasteiger partial charge in [0, 0.05) is 16.1 Å². The van der Waals surface area contributed by atoms with E-state index < -0.39 is 0 Å². The normalized spacial score (nSPS) is 14.6. The zero-order chi connectivity index (χ0) is 12.8. The first-order valence-electron chi connectivity index (χ1n) is 6.20. The lowest BCUT2D eigenvalue weighted by Crippen LogP contribution is -2.19. The molecule has 0 spiro atoms. The predicted molar refractivity (Wildman–Crippen MR) is 77.0 cm³/mol. The van der Waals surface area contributed by atoms with Gasteiger partial charge in [0.1, 0.15) is 0 Å². The van der Waals surface area contributed by atoms with Gasteiger partial charge in [0.05, 0.1) is 0 Å². The first-order valence-corrected chi connectivity index (χ1v) is 6.96. The summed E-state index contributed by atoms with van der Waals surface area (Å²) in [6.45, 7) is 4.50. The van der Waals surface area contributed by atoms with Crippen molar-refractivity contribution in [2.75, 3.05) is 7.05 Å². The minimum absolute atomic E-state index is 0.280. The van der Waals surface area contributed by atoms with Crippen LogP contribution in [0, 0.1) is 5.92 Å². The molecule has 0 aromatic heterocycles. The standard InChI is InChI=1S/C14H21Cl2N/c1-4-5-10(2)8-14(17-3)12-9-11(15)6-7-13(12)16/h6-7,9-10,14,17H,4-5,8H2,1-3H3. The smallest absolute Gasteiger partial charge is 0.0454 e. The molecule has 1 nitrogen and oxygen atoms in total. The van der Waals surface area contributed by atoms with Crippen LogP contribution < -0.4 is 5.32 Å². The van der Waals surface area contributed by atoms with Gasteiger partial charge in [-0.25, -0.2) is 0 Å². The number of rotatable bonds is 6. The molecule has 0 bridgehead atoms. The lowest BCUT2D eigenvalue weighted by atomic mass is 9.93. The average Bonchev–Trinajstić information content (AvgIpc) is 2.30. The molecule has 0 amide bonds.